The molecule has 1 fully saturated rings. The van der Waals surface area contributed by atoms with E-state index in [2.05, 4.69) is 5.32 Å². The number of anilines is 1. The molecule has 2 amide bonds. The normalized spacial score (nSPS) is 15.5. The zero-order valence-electron chi connectivity index (χ0n) is 11.8. The average molecular weight is 333 g/mol. The molecule has 0 radical (unpaired) electrons. The molecule has 2 rings (SSSR count). The van der Waals surface area contributed by atoms with Crippen molar-refractivity contribution < 1.29 is 17.9 Å². The van der Waals surface area contributed by atoms with Crippen LogP contribution in [0, 0.1) is 0 Å². The molecule has 0 atom stereocenters. The number of carbonyl (C=O) groups is 1. The van der Waals surface area contributed by atoms with Gasteiger partial charge in [-0.15, -0.1) is 0 Å². The lowest BCUT2D eigenvalue weighted by atomic mass is 10.2. The van der Waals surface area contributed by atoms with E-state index in [4.69, 9.17) is 16.3 Å². The van der Waals surface area contributed by atoms with E-state index in [1.54, 1.807) is 25.1 Å². The first-order chi connectivity index (χ1) is 9.87. The molecule has 1 aliphatic rings. The van der Waals surface area contributed by atoms with Crippen molar-refractivity contribution in [2.45, 2.75) is 12.2 Å². The molecule has 0 bridgehead atoms. The highest BCUT2D eigenvalue weighted by Crippen LogP contribution is 2.28. The van der Waals surface area contributed by atoms with Crippen LogP contribution in [0.15, 0.2) is 18.2 Å². The standard InChI is InChI=1S/C13H17ClN2O4S/c1-3-21(18,19)10-7-16(8-10)13(17)15-11-6-9(14)4-5-12(11)20-2/h4-6,10H,3,7-8H2,1-2H3,(H,15,17). The molecule has 0 aliphatic carbocycles. The molecule has 1 saturated heterocycles. The molecule has 1 aliphatic heterocycles. The Labute approximate surface area is 128 Å². The first-order valence-corrected chi connectivity index (χ1v) is 8.57. The van der Waals surface area contributed by atoms with Crippen LogP contribution in [0.5, 0.6) is 5.75 Å². The average Bonchev–Trinajstić information content (AvgIpc) is 2.37. The van der Waals surface area contributed by atoms with E-state index in [0.29, 0.717) is 16.5 Å². The summed E-state index contributed by atoms with van der Waals surface area (Å²) >= 11 is 5.89. The number of sulfone groups is 1. The van der Waals surface area contributed by atoms with Gasteiger partial charge < -0.3 is 15.0 Å². The van der Waals surface area contributed by atoms with Crippen LogP contribution in [0.4, 0.5) is 10.5 Å². The lowest BCUT2D eigenvalue weighted by molar-refractivity contribution is 0.182. The number of urea groups is 1. The minimum absolute atomic E-state index is 0.0925. The molecule has 1 heterocycles. The van der Waals surface area contributed by atoms with Crippen LogP contribution < -0.4 is 10.1 Å². The summed E-state index contributed by atoms with van der Waals surface area (Å²) in [6, 6.07) is 4.53. The monoisotopic (exact) mass is 332 g/mol. The lowest BCUT2D eigenvalue weighted by Gasteiger charge is -2.38. The topological polar surface area (TPSA) is 75.7 Å². The molecule has 0 unspecified atom stereocenters. The van der Waals surface area contributed by atoms with Gasteiger partial charge >= 0.3 is 6.03 Å². The molecule has 1 aromatic rings. The van der Waals surface area contributed by atoms with E-state index < -0.39 is 15.1 Å². The highest BCUT2D eigenvalue weighted by atomic mass is 35.5. The predicted octanol–water partition coefficient (Wildman–Crippen LogP) is 2.00. The Bertz CT molecular complexity index is 642. The number of nitrogens with zero attached hydrogens (tertiary/aromatic N) is 1. The maximum Gasteiger partial charge on any atom is 0.322 e. The van der Waals surface area contributed by atoms with Gasteiger partial charge in [0.2, 0.25) is 0 Å². The second-order valence-electron chi connectivity index (χ2n) is 4.75. The molecule has 0 aromatic heterocycles. The zero-order chi connectivity index (χ0) is 15.6. The van der Waals surface area contributed by atoms with Gasteiger partial charge in [0.15, 0.2) is 9.84 Å². The molecule has 1 aromatic carbocycles. The number of hydrogen-bond acceptors (Lipinski definition) is 4. The second-order valence-corrected chi connectivity index (χ2v) is 7.76. The van der Waals surface area contributed by atoms with Crippen LogP contribution in [0.1, 0.15) is 6.92 Å². The van der Waals surface area contributed by atoms with Crippen LogP contribution in [-0.2, 0) is 9.84 Å². The van der Waals surface area contributed by atoms with E-state index in [9.17, 15) is 13.2 Å². The van der Waals surface area contributed by atoms with Gasteiger partial charge in [0.25, 0.3) is 0 Å². The number of amides is 2. The number of methoxy groups -OCH3 is 1. The Morgan fingerprint density at radius 3 is 2.71 bits per heavy atom. The fraction of sp³-hybridized carbons (Fsp3) is 0.462. The third-order valence-electron chi connectivity index (χ3n) is 3.45. The summed E-state index contributed by atoms with van der Waals surface area (Å²) in [6.45, 7) is 2.03. The molecular formula is C13H17ClN2O4S. The predicted molar refractivity (Wildman–Crippen MR) is 81.8 cm³/mol. The van der Waals surface area contributed by atoms with Gasteiger partial charge in [-0.3, -0.25) is 0 Å². The van der Waals surface area contributed by atoms with Gasteiger partial charge in [-0.05, 0) is 18.2 Å². The Balaban J connectivity index is 2.00. The number of benzene rings is 1. The highest BCUT2D eigenvalue weighted by molar-refractivity contribution is 7.92. The van der Waals surface area contributed by atoms with Crippen molar-refractivity contribution >= 4 is 33.2 Å². The summed E-state index contributed by atoms with van der Waals surface area (Å²) in [5, 5.41) is 2.69. The maximum atomic E-state index is 12.1. The Morgan fingerprint density at radius 1 is 1.48 bits per heavy atom. The van der Waals surface area contributed by atoms with Crippen molar-refractivity contribution in [2.24, 2.45) is 0 Å². The van der Waals surface area contributed by atoms with Crippen molar-refractivity contribution in [3.63, 3.8) is 0 Å². The number of hydrogen-bond donors (Lipinski definition) is 1. The summed E-state index contributed by atoms with van der Waals surface area (Å²) in [6.07, 6.45) is 0. The van der Waals surface area contributed by atoms with Crippen LogP contribution in [0.2, 0.25) is 5.02 Å². The van der Waals surface area contributed by atoms with Gasteiger partial charge in [-0.1, -0.05) is 18.5 Å². The van der Waals surface area contributed by atoms with Crippen LogP contribution >= 0.6 is 11.6 Å². The molecule has 0 saturated carbocycles. The third kappa shape index (κ3) is 3.41. The van der Waals surface area contributed by atoms with Crippen molar-refractivity contribution in [3.8, 4) is 5.75 Å². The molecular weight excluding hydrogens is 316 g/mol. The molecule has 116 valence electrons. The molecule has 8 heteroatoms. The summed E-state index contributed by atoms with van der Waals surface area (Å²) in [5.74, 6) is 0.584. The number of nitrogens with one attached hydrogen (secondary N) is 1. The van der Waals surface area contributed by atoms with Crippen LogP contribution in [0.25, 0.3) is 0 Å². The lowest BCUT2D eigenvalue weighted by Crippen LogP contribution is -2.58. The second kappa shape index (κ2) is 6.11. The van der Waals surface area contributed by atoms with Gasteiger partial charge in [0.1, 0.15) is 5.75 Å². The van der Waals surface area contributed by atoms with Crippen molar-refractivity contribution in [1.29, 1.82) is 0 Å². The fourth-order valence-electron chi connectivity index (χ4n) is 2.04. The third-order valence-corrected chi connectivity index (χ3v) is 5.80. The summed E-state index contributed by atoms with van der Waals surface area (Å²) in [5.41, 5.74) is 0.455. The molecule has 1 N–H and O–H groups in total. The smallest absolute Gasteiger partial charge is 0.322 e. The van der Waals surface area contributed by atoms with Gasteiger partial charge in [0, 0.05) is 23.9 Å². The van der Waals surface area contributed by atoms with Gasteiger partial charge in [-0.2, -0.15) is 0 Å². The fourth-order valence-corrected chi connectivity index (χ4v) is 3.50. The first kappa shape index (κ1) is 15.9. The Hall–Kier alpha value is -1.47. The van der Waals surface area contributed by atoms with E-state index in [0.717, 1.165) is 0 Å². The largest absolute Gasteiger partial charge is 0.495 e. The minimum Gasteiger partial charge on any atom is -0.495 e. The number of halogens is 1. The minimum atomic E-state index is -3.09. The number of likely N-dealkylation sites (tertiary alicyclic amines) is 1. The summed E-state index contributed by atoms with van der Waals surface area (Å²) in [4.78, 5) is 13.5. The quantitative estimate of drug-likeness (QED) is 0.915. The Kier molecular flexibility index (Phi) is 4.63. The SMILES string of the molecule is CCS(=O)(=O)C1CN(C(=O)Nc2cc(Cl)ccc2OC)C1. The van der Waals surface area contributed by atoms with Gasteiger partial charge in [0.05, 0.1) is 18.0 Å². The summed E-state index contributed by atoms with van der Waals surface area (Å²) in [7, 11) is -1.60. The molecule has 6 nitrogen and oxygen atoms in total. The van der Waals surface area contributed by atoms with E-state index in [1.807, 2.05) is 0 Å². The number of rotatable bonds is 4. The summed E-state index contributed by atoms with van der Waals surface area (Å²) < 4.78 is 28.5. The van der Waals surface area contributed by atoms with E-state index in [-0.39, 0.29) is 24.9 Å². The first-order valence-electron chi connectivity index (χ1n) is 6.48. The maximum absolute atomic E-state index is 12.1. The zero-order valence-corrected chi connectivity index (χ0v) is 13.4. The van der Waals surface area contributed by atoms with Crippen molar-refractivity contribution in [2.75, 3.05) is 31.3 Å². The molecule has 0 spiro atoms. The van der Waals surface area contributed by atoms with Crippen LogP contribution in [-0.4, -0.2) is 50.6 Å². The highest BCUT2D eigenvalue weighted by Gasteiger charge is 2.38. The number of carbonyl (C=O) groups excluding carboxylic acids is 1. The van der Waals surface area contributed by atoms with E-state index >= 15 is 0 Å². The van der Waals surface area contributed by atoms with Crippen molar-refractivity contribution in [3.05, 3.63) is 23.2 Å². The van der Waals surface area contributed by atoms with Gasteiger partial charge in [-0.25, -0.2) is 13.2 Å². The molecule has 21 heavy (non-hydrogen) atoms. The van der Waals surface area contributed by atoms with E-state index in [1.165, 1.54) is 12.0 Å². The number of ether oxygens (including phenoxy) is 1. The Morgan fingerprint density at radius 2 is 2.14 bits per heavy atom. The van der Waals surface area contributed by atoms with Crippen LogP contribution in [0.3, 0.4) is 0 Å². The van der Waals surface area contributed by atoms with Crippen molar-refractivity contribution in [1.82, 2.24) is 4.90 Å².